The molecule has 0 saturated carbocycles. The van der Waals surface area contributed by atoms with Gasteiger partial charge in [-0.3, -0.25) is 9.78 Å². The summed E-state index contributed by atoms with van der Waals surface area (Å²) in [6.07, 6.45) is 6.87. The average Bonchev–Trinajstić information content (AvgIpc) is 3.37. The first kappa shape index (κ1) is 21.0. The van der Waals surface area contributed by atoms with Gasteiger partial charge >= 0.3 is 0 Å². The molecule has 1 fully saturated rings. The van der Waals surface area contributed by atoms with Crippen molar-refractivity contribution in [1.29, 1.82) is 0 Å². The van der Waals surface area contributed by atoms with E-state index in [1.165, 1.54) is 0 Å². The van der Waals surface area contributed by atoms with E-state index in [0.29, 0.717) is 43.5 Å². The highest BCUT2D eigenvalue weighted by atomic mass is 35.5. The van der Waals surface area contributed by atoms with E-state index in [0.717, 1.165) is 23.2 Å². The topological polar surface area (TPSA) is 68.4 Å². The summed E-state index contributed by atoms with van der Waals surface area (Å²) in [4.78, 5) is 25.7. The summed E-state index contributed by atoms with van der Waals surface area (Å²) in [7, 11) is 0. The fourth-order valence-electron chi connectivity index (χ4n) is 4.48. The summed E-state index contributed by atoms with van der Waals surface area (Å²) in [6, 6.07) is 11.5. The molecule has 4 heterocycles. The summed E-state index contributed by atoms with van der Waals surface area (Å²) in [5, 5.41) is 4.81. The SMILES string of the molecule is C[C@]1(C(=O)N2CCOC[C@@H](Cc3nccn4cccc34)C2)CC(c2ccccc2Cl)=NO1. The Morgan fingerprint density at radius 1 is 1.25 bits per heavy atom. The summed E-state index contributed by atoms with van der Waals surface area (Å²) < 4.78 is 7.90. The summed E-state index contributed by atoms with van der Waals surface area (Å²) in [6.45, 7) is 4.00. The van der Waals surface area contributed by atoms with Crippen LogP contribution in [0.5, 0.6) is 0 Å². The van der Waals surface area contributed by atoms with Gasteiger partial charge in [-0.25, -0.2) is 0 Å². The van der Waals surface area contributed by atoms with E-state index in [4.69, 9.17) is 21.2 Å². The fraction of sp³-hybridized carbons (Fsp3) is 0.375. The minimum Gasteiger partial charge on any atom is -0.379 e. The number of benzene rings is 1. The van der Waals surface area contributed by atoms with Crippen molar-refractivity contribution in [2.75, 3.05) is 26.3 Å². The van der Waals surface area contributed by atoms with Crippen molar-refractivity contribution in [2.24, 2.45) is 11.1 Å². The Balaban J connectivity index is 1.30. The normalized spacial score (nSPS) is 23.6. The molecular formula is C24H25ClN4O3. The van der Waals surface area contributed by atoms with E-state index in [-0.39, 0.29) is 11.8 Å². The van der Waals surface area contributed by atoms with E-state index in [1.807, 2.05) is 53.8 Å². The summed E-state index contributed by atoms with van der Waals surface area (Å²) in [5.74, 6) is 0.0664. The van der Waals surface area contributed by atoms with Crippen molar-refractivity contribution in [3.63, 3.8) is 0 Å². The Kier molecular flexibility index (Phi) is 5.61. The van der Waals surface area contributed by atoms with Gasteiger partial charge in [-0.15, -0.1) is 0 Å². The van der Waals surface area contributed by atoms with Crippen LogP contribution in [0.4, 0.5) is 0 Å². The number of rotatable bonds is 4. The van der Waals surface area contributed by atoms with E-state index in [9.17, 15) is 4.79 Å². The lowest BCUT2D eigenvalue weighted by molar-refractivity contribution is -0.153. The van der Waals surface area contributed by atoms with Crippen molar-refractivity contribution in [3.8, 4) is 0 Å². The second-order valence-corrected chi connectivity index (χ2v) is 8.99. The Hall–Kier alpha value is -2.90. The van der Waals surface area contributed by atoms with E-state index in [1.54, 1.807) is 6.92 Å². The maximum atomic E-state index is 13.5. The summed E-state index contributed by atoms with van der Waals surface area (Å²) in [5.41, 5.74) is 2.53. The van der Waals surface area contributed by atoms with Gasteiger partial charge in [0.05, 0.1) is 30.1 Å². The zero-order valence-electron chi connectivity index (χ0n) is 17.9. The molecule has 0 spiro atoms. The van der Waals surface area contributed by atoms with E-state index < -0.39 is 5.60 Å². The molecule has 0 aliphatic carbocycles. The molecule has 1 aromatic carbocycles. The van der Waals surface area contributed by atoms with Crippen LogP contribution in [-0.2, 0) is 20.8 Å². The molecule has 2 aromatic heterocycles. The van der Waals surface area contributed by atoms with Crippen LogP contribution >= 0.6 is 11.6 Å². The van der Waals surface area contributed by atoms with E-state index >= 15 is 0 Å². The van der Waals surface area contributed by atoms with Gasteiger partial charge in [-0.05, 0) is 31.5 Å². The number of halogens is 1. The predicted octanol–water partition coefficient (Wildman–Crippen LogP) is 3.59. The molecule has 8 heteroatoms. The first-order chi connectivity index (χ1) is 15.5. The molecule has 5 rings (SSSR count). The third kappa shape index (κ3) is 3.98. The Morgan fingerprint density at radius 3 is 3.00 bits per heavy atom. The molecule has 3 aromatic rings. The molecule has 1 saturated heterocycles. The van der Waals surface area contributed by atoms with Gasteiger partial charge in [0, 0.05) is 54.6 Å². The smallest absolute Gasteiger partial charge is 0.269 e. The zero-order valence-corrected chi connectivity index (χ0v) is 18.7. The first-order valence-electron chi connectivity index (χ1n) is 10.8. The molecule has 0 bridgehead atoms. The van der Waals surface area contributed by atoms with Crippen LogP contribution in [0, 0.1) is 5.92 Å². The number of oxime groups is 1. The van der Waals surface area contributed by atoms with Gasteiger partial charge in [-0.1, -0.05) is 35.0 Å². The van der Waals surface area contributed by atoms with Gasteiger partial charge in [0.25, 0.3) is 5.91 Å². The first-order valence-corrected chi connectivity index (χ1v) is 11.2. The molecule has 166 valence electrons. The average molecular weight is 453 g/mol. The molecule has 2 aliphatic rings. The minimum absolute atomic E-state index is 0.0762. The molecule has 0 N–H and O–H groups in total. The highest BCUT2D eigenvalue weighted by Crippen LogP contribution is 2.31. The van der Waals surface area contributed by atoms with Crippen LogP contribution in [-0.4, -0.2) is 57.8 Å². The number of fused-ring (bicyclic) bond motifs is 1. The van der Waals surface area contributed by atoms with E-state index in [2.05, 4.69) is 20.6 Å². The Bertz CT molecular complexity index is 1180. The molecule has 0 radical (unpaired) electrons. The number of hydrogen-bond acceptors (Lipinski definition) is 5. The fourth-order valence-corrected chi connectivity index (χ4v) is 4.72. The van der Waals surface area contributed by atoms with Crippen LogP contribution in [0.3, 0.4) is 0 Å². The van der Waals surface area contributed by atoms with Gasteiger partial charge in [0.1, 0.15) is 0 Å². The van der Waals surface area contributed by atoms with Gasteiger partial charge < -0.3 is 18.9 Å². The molecule has 2 atom stereocenters. The highest BCUT2D eigenvalue weighted by Gasteiger charge is 2.45. The maximum Gasteiger partial charge on any atom is 0.269 e. The second kappa shape index (κ2) is 8.56. The quantitative estimate of drug-likeness (QED) is 0.606. The van der Waals surface area contributed by atoms with Gasteiger partial charge in [0.15, 0.2) is 0 Å². The molecule has 1 amide bonds. The van der Waals surface area contributed by atoms with Crippen LogP contribution in [0.15, 0.2) is 60.1 Å². The zero-order chi connectivity index (χ0) is 22.1. The third-order valence-corrected chi connectivity index (χ3v) is 6.47. The van der Waals surface area contributed by atoms with Crippen LogP contribution < -0.4 is 0 Å². The number of ether oxygens (including phenoxy) is 1. The number of carbonyl (C=O) groups is 1. The predicted molar refractivity (Wildman–Crippen MR) is 122 cm³/mol. The molecule has 0 unspecified atom stereocenters. The number of carbonyl (C=O) groups excluding carboxylic acids is 1. The van der Waals surface area contributed by atoms with Gasteiger partial charge in [-0.2, -0.15) is 0 Å². The highest BCUT2D eigenvalue weighted by molar-refractivity contribution is 6.34. The Labute approximate surface area is 191 Å². The lowest BCUT2D eigenvalue weighted by Gasteiger charge is -2.30. The standard InChI is InChI=1S/C24H25ClN4O3/c1-24(14-21(27-32-24)18-5-2-3-6-19(18)25)23(30)29-11-12-31-16-17(15-29)13-20-22-7-4-9-28(22)10-8-26-20/h2-10,17H,11-16H2,1H3/t17-,24+/m0/s1. The maximum absolute atomic E-state index is 13.5. The van der Waals surface area contributed by atoms with Crippen LogP contribution in [0.2, 0.25) is 5.02 Å². The largest absolute Gasteiger partial charge is 0.379 e. The van der Waals surface area contributed by atoms with Crippen molar-refractivity contribution in [3.05, 3.63) is 71.3 Å². The monoisotopic (exact) mass is 452 g/mol. The number of aromatic nitrogens is 2. The molecule has 7 nitrogen and oxygen atoms in total. The number of amides is 1. The van der Waals surface area contributed by atoms with Crippen molar-refractivity contribution in [1.82, 2.24) is 14.3 Å². The second-order valence-electron chi connectivity index (χ2n) is 8.59. The minimum atomic E-state index is -1.05. The number of nitrogens with zero attached hydrogens (tertiary/aromatic N) is 4. The molecule has 2 aliphatic heterocycles. The van der Waals surface area contributed by atoms with Crippen molar-refractivity contribution in [2.45, 2.75) is 25.4 Å². The lowest BCUT2D eigenvalue weighted by Crippen LogP contribution is -2.49. The summed E-state index contributed by atoms with van der Waals surface area (Å²) >= 11 is 6.32. The van der Waals surface area contributed by atoms with Gasteiger partial charge in [0.2, 0.25) is 5.60 Å². The number of hydrogen-bond donors (Lipinski definition) is 0. The van der Waals surface area contributed by atoms with Crippen LogP contribution in [0.1, 0.15) is 24.6 Å². The Morgan fingerprint density at radius 2 is 2.12 bits per heavy atom. The van der Waals surface area contributed by atoms with Crippen molar-refractivity contribution < 1.29 is 14.4 Å². The lowest BCUT2D eigenvalue weighted by atomic mass is 9.93. The molecule has 32 heavy (non-hydrogen) atoms. The molecular weight excluding hydrogens is 428 g/mol. The van der Waals surface area contributed by atoms with Crippen molar-refractivity contribution >= 4 is 28.7 Å². The third-order valence-electron chi connectivity index (χ3n) is 6.14. The van der Waals surface area contributed by atoms with Crippen LogP contribution in [0.25, 0.3) is 5.52 Å².